The second-order valence-corrected chi connectivity index (χ2v) is 3.70. The summed E-state index contributed by atoms with van der Waals surface area (Å²) in [6, 6.07) is 2.85. The first-order valence-corrected chi connectivity index (χ1v) is 5.74. The smallest absolute Gasteiger partial charge is 0.194 e. The van der Waals surface area contributed by atoms with Gasteiger partial charge in [0.15, 0.2) is 5.78 Å². The molecule has 1 atom stereocenters. The van der Waals surface area contributed by atoms with Crippen LogP contribution in [0.15, 0.2) is 18.2 Å². The van der Waals surface area contributed by atoms with Gasteiger partial charge in [-0.1, -0.05) is 0 Å². The van der Waals surface area contributed by atoms with E-state index in [1.807, 2.05) is 6.92 Å². The number of hydrogen-bond acceptors (Lipinski definition) is 3. The molecule has 0 spiro atoms. The molecule has 0 aliphatic carbocycles. The van der Waals surface area contributed by atoms with Crippen molar-refractivity contribution < 1.29 is 23.0 Å². The molecule has 0 aliphatic heterocycles. The van der Waals surface area contributed by atoms with Crippen molar-refractivity contribution in [3.8, 4) is 0 Å². The maximum atomic E-state index is 13.4. The summed E-state index contributed by atoms with van der Waals surface area (Å²) in [6.45, 7) is 4.57. The molecule has 5 heteroatoms. The molecule has 100 valence electrons. The third-order valence-corrected chi connectivity index (χ3v) is 2.37. The molecule has 1 rings (SSSR count). The van der Waals surface area contributed by atoms with Crippen molar-refractivity contribution >= 4 is 5.78 Å². The van der Waals surface area contributed by atoms with Gasteiger partial charge in [0, 0.05) is 12.7 Å². The van der Waals surface area contributed by atoms with Gasteiger partial charge in [-0.3, -0.25) is 4.79 Å². The number of ether oxygens (including phenoxy) is 2. The average Bonchev–Trinajstić information content (AvgIpc) is 2.33. The summed E-state index contributed by atoms with van der Waals surface area (Å²) in [5, 5.41) is 0. The Morgan fingerprint density at radius 3 is 2.67 bits per heavy atom. The zero-order valence-electron chi connectivity index (χ0n) is 10.4. The predicted molar refractivity (Wildman–Crippen MR) is 62.6 cm³/mol. The van der Waals surface area contributed by atoms with Crippen molar-refractivity contribution in [2.75, 3.05) is 19.8 Å². The van der Waals surface area contributed by atoms with E-state index in [4.69, 9.17) is 9.47 Å². The van der Waals surface area contributed by atoms with Crippen LogP contribution in [0.3, 0.4) is 0 Å². The van der Waals surface area contributed by atoms with Crippen LogP contribution in [0.2, 0.25) is 0 Å². The molecule has 0 fully saturated rings. The Labute approximate surface area is 105 Å². The van der Waals surface area contributed by atoms with Gasteiger partial charge in [0.1, 0.15) is 17.7 Å². The predicted octanol–water partition coefficient (Wildman–Crippen LogP) is 2.59. The molecule has 1 unspecified atom stereocenters. The second-order valence-electron chi connectivity index (χ2n) is 3.70. The number of halogens is 2. The van der Waals surface area contributed by atoms with E-state index in [0.717, 1.165) is 12.1 Å². The molecule has 1 aromatic rings. The standard InChI is InChI=1S/C13H16F2O3/c1-3-17-6-7-18-9(2)13(16)11-5-4-10(14)8-12(11)15/h4-5,8-9H,3,6-7H2,1-2H3. The van der Waals surface area contributed by atoms with Crippen LogP contribution in [-0.4, -0.2) is 31.7 Å². The van der Waals surface area contributed by atoms with Gasteiger partial charge in [0.05, 0.1) is 18.8 Å². The van der Waals surface area contributed by atoms with Crippen molar-refractivity contribution in [1.29, 1.82) is 0 Å². The topological polar surface area (TPSA) is 35.5 Å². The molecule has 0 amide bonds. The van der Waals surface area contributed by atoms with Gasteiger partial charge < -0.3 is 9.47 Å². The van der Waals surface area contributed by atoms with Gasteiger partial charge in [-0.05, 0) is 26.0 Å². The fourth-order valence-corrected chi connectivity index (χ4v) is 1.41. The van der Waals surface area contributed by atoms with Crippen molar-refractivity contribution in [2.24, 2.45) is 0 Å². The Balaban J connectivity index is 2.57. The van der Waals surface area contributed by atoms with Crippen molar-refractivity contribution in [3.63, 3.8) is 0 Å². The number of benzene rings is 1. The molecular weight excluding hydrogens is 242 g/mol. The van der Waals surface area contributed by atoms with E-state index in [1.54, 1.807) is 0 Å². The number of hydrogen-bond donors (Lipinski definition) is 0. The summed E-state index contributed by atoms with van der Waals surface area (Å²) in [6.07, 6.45) is -0.787. The third kappa shape index (κ3) is 4.16. The van der Waals surface area contributed by atoms with Crippen molar-refractivity contribution in [2.45, 2.75) is 20.0 Å². The molecule has 0 bridgehead atoms. The first-order valence-electron chi connectivity index (χ1n) is 5.74. The number of Topliss-reactive ketones (excluding diaryl/α,β-unsaturated/α-hetero) is 1. The maximum absolute atomic E-state index is 13.4. The molecule has 0 heterocycles. The molecule has 0 radical (unpaired) electrons. The first kappa shape index (κ1) is 14.7. The highest BCUT2D eigenvalue weighted by molar-refractivity contribution is 5.99. The highest BCUT2D eigenvalue weighted by atomic mass is 19.1. The van der Waals surface area contributed by atoms with E-state index in [2.05, 4.69) is 0 Å². The lowest BCUT2D eigenvalue weighted by molar-refractivity contribution is 0.0172. The Hall–Kier alpha value is -1.33. The van der Waals surface area contributed by atoms with E-state index < -0.39 is 23.5 Å². The zero-order valence-corrected chi connectivity index (χ0v) is 10.4. The molecule has 3 nitrogen and oxygen atoms in total. The summed E-state index contributed by atoms with van der Waals surface area (Å²) in [5.41, 5.74) is -0.166. The quantitative estimate of drug-likeness (QED) is 0.557. The normalized spacial score (nSPS) is 12.4. The molecular formula is C13H16F2O3. The van der Waals surface area contributed by atoms with Crippen molar-refractivity contribution in [1.82, 2.24) is 0 Å². The Morgan fingerprint density at radius 1 is 1.33 bits per heavy atom. The fraction of sp³-hybridized carbons (Fsp3) is 0.462. The second kappa shape index (κ2) is 7.18. The maximum Gasteiger partial charge on any atom is 0.194 e. The zero-order chi connectivity index (χ0) is 13.5. The molecule has 0 aliphatic rings. The number of carbonyl (C=O) groups is 1. The average molecular weight is 258 g/mol. The Kier molecular flexibility index (Phi) is 5.88. The molecule has 18 heavy (non-hydrogen) atoms. The minimum absolute atomic E-state index is 0.166. The van der Waals surface area contributed by atoms with E-state index in [1.165, 1.54) is 6.92 Å². The fourth-order valence-electron chi connectivity index (χ4n) is 1.41. The minimum atomic E-state index is -0.875. The van der Waals surface area contributed by atoms with Crippen molar-refractivity contribution in [3.05, 3.63) is 35.4 Å². The lowest BCUT2D eigenvalue weighted by atomic mass is 10.1. The first-order chi connectivity index (χ1) is 8.56. The Morgan fingerprint density at radius 2 is 2.06 bits per heavy atom. The Bertz CT molecular complexity index is 407. The molecule has 0 saturated heterocycles. The van der Waals surface area contributed by atoms with E-state index >= 15 is 0 Å². The number of rotatable bonds is 7. The molecule has 0 saturated carbocycles. The van der Waals surface area contributed by atoms with Gasteiger partial charge in [-0.15, -0.1) is 0 Å². The van der Waals surface area contributed by atoms with Crippen LogP contribution in [-0.2, 0) is 9.47 Å². The summed E-state index contributed by atoms with van der Waals surface area (Å²) in [4.78, 5) is 11.8. The molecule has 0 N–H and O–H groups in total. The summed E-state index contributed by atoms with van der Waals surface area (Å²) >= 11 is 0. The molecule has 0 aromatic heterocycles. The summed E-state index contributed by atoms with van der Waals surface area (Å²) < 4.78 is 36.3. The minimum Gasteiger partial charge on any atom is -0.379 e. The third-order valence-electron chi connectivity index (χ3n) is 2.37. The van der Waals surface area contributed by atoms with E-state index in [9.17, 15) is 13.6 Å². The van der Waals surface area contributed by atoms with E-state index in [0.29, 0.717) is 19.3 Å². The SMILES string of the molecule is CCOCCOC(C)C(=O)c1ccc(F)cc1F. The van der Waals surface area contributed by atoms with Gasteiger partial charge in [0.25, 0.3) is 0 Å². The largest absolute Gasteiger partial charge is 0.379 e. The number of ketones is 1. The van der Waals surface area contributed by atoms with Crippen LogP contribution in [0.1, 0.15) is 24.2 Å². The highest BCUT2D eigenvalue weighted by Crippen LogP contribution is 2.13. The van der Waals surface area contributed by atoms with Crippen LogP contribution in [0.4, 0.5) is 8.78 Å². The molecule has 1 aromatic carbocycles. The van der Waals surface area contributed by atoms with Gasteiger partial charge >= 0.3 is 0 Å². The summed E-state index contributed by atoms with van der Waals surface area (Å²) in [5.74, 6) is -2.10. The van der Waals surface area contributed by atoms with Crippen LogP contribution in [0.5, 0.6) is 0 Å². The van der Waals surface area contributed by atoms with Gasteiger partial charge in [-0.25, -0.2) is 8.78 Å². The highest BCUT2D eigenvalue weighted by Gasteiger charge is 2.19. The van der Waals surface area contributed by atoms with Crippen LogP contribution < -0.4 is 0 Å². The number of carbonyl (C=O) groups excluding carboxylic acids is 1. The lowest BCUT2D eigenvalue weighted by Crippen LogP contribution is -2.23. The summed E-state index contributed by atoms with van der Waals surface area (Å²) in [7, 11) is 0. The van der Waals surface area contributed by atoms with Gasteiger partial charge in [-0.2, -0.15) is 0 Å². The van der Waals surface area contributed by atoms with Crippen LogP contribution in [0, 0.1) is 11.6 Å². The van der Waals surface area contributed by atoms with Gasteiger partial charge in [0.2, 0.25) is 0 Å². The lowest BCUT2D eigenvalue weighted by Gasteiger charge is -2.12. The monoisotopic (exact) mass is 258 g/mol. The van der Waals surface area contributed by atoms with E-state index in [-0.39, 0.29) is 12.2 Å². The van der Waals surface area contributed by atoms with Crippen LogP contribution >= 0.6 is 0 Å². The van der Waals surface area contributed by atoms with Crippen LogP contribution in [0.25, 0.3) is 0 Å².